The summed E-state index contributed by atoms with van der Waals surface area (Å²) in [7, 11) is 0. The molecule has 1 rings (SSSR count). The number of Topliss-reactive ketones (excluding diaryl/α,β-unsaturated/α-hetero) is 1. The summed E-state index contributed by atoms with van der Waals surface area (Å²) in [6.07, 6.45) is 1.32. The highest BCUT2D eigenvalue weighted by Gasteiger charge is 2.42. The van der Waals surface area contributed by atoms with E-state index in [1.807, 2.05) is 34.6 Å². The minimum atomic E-state index is -0.561. The first-order valence-electron chi connectivity index (χ1n) is 5.64. The van der Waals surface area contributed by atoms with Crippen LogP contribution < -0.4 is 0 Å². The van der Waals surface area contributed by atoms with Crippen molar-refractivity contribution >= 4 is 5.78 Å². The normalized spacial score (nSPS) is 24.7. The van der Waals surface area contributed by atoms with Gasteiger partial charge < -0.3 is 9.47 Å². The number of hydrogen-bond acceptors (Lipinski definition) is 3. The van der Waals surface area contributed by atoms with Crippen LogP contribution in [0.1, 0.15) is 54.9 Å². The van der Waals surface area contributed by atoms with Gasteiger partial charge in [0.2, 0.25) is 0 Å². The van der Waals surface area contributed by atoms with Crippen LogP contribution in [0.15, 0.2) is 0 Å². The molecule has 0 spiro atoms. The molecular formula is C13H26O3. The Labute approximate surface area is 99.5 Å². The number of ketones is 1. The van der Waals surface area contributed by atoms with Crippen molar-refractivity contribution in [3.8, 4) is 0 Å². The van der Waals surface area contributed by atoms with Crippen LogP contribution in [-0.2, 0) is 14.3 Å². The van der Waals surface area contributed by atoms with Crippen molar-refractivity contribution in [1.82, 2.24) is 0 Å². The monoisotopic (exact) mass is 230 g/mol. The summed E-state index contributed by atoms with van der Waals surface area (Å²) in [5, 5.41) is 0. The third-order valence-electron chi connectivity index (χ3n) is 3.10. The highest BCUT2D eigenvalue weighted by molar-refractivity contribution is 5.84. The predicted molar refractivity (Wildman–Crippen MR) is 65.3 cm³/mol. The van der Waals surface area contributed by atoms with Crippen LogP contribution in [0.5, 0.6) is 0 Å². The summed E-state index contributed by atoms with van der Waals surface area (Å²) < 4.78 is 11.3. The van der Waals surface area contributed by atoms with E-state index in [1.165, 1.54) is 0 Å². The fourth-order valence-corrected chi connectivity index (χ4v) is 1.99. The molecule has 1 aliphatic heterocycles. The molecule has 0 aromatic rings. The third kappa shape index (κ3) is 3.29. The van der Waals surface area contributed by atoms with Crippen LogP contribution in [0.2, 0.25) is 0 Å². The molecule has 0 N–H and O–H groups in total. The van der Waals surface area contributed by atoms with E-state index in [2.05, 4.69) is 0 Å². The van der Waals surface area contributed by atoms with Gasteiger partial charge in [-0.05, 0) is 20.3 Å². The Balaban J connectivity index is 0.00000225. The Morgan fingerprint density at radius 3 is 2.44 bits per heavy atom. The lowest BCUT2D eigenvalue weighted by atomic mass is 9.79. The van der Waals surface area contributed by atoms with Gasteiger partial charge in [-0.3, -0.25) is 4.79 Å². The van der Waals surface area contributed by atoms with Gasteiger partial charge in [0.1, 0.15) is 5.78 Å². The molecule has 0 aromatic carbocycles. The van der Waals surface area contributed by atoms with Crippen LogP contribution in [0.4, 0.5) is 0 Å². The fraction of sp³-hybridized carbons (Fsp3) is 0.923. The van der Waals surface area contributed by atoms with Crippen LogP contribution in [0.25, 0.3) is 0 Å². The maximum Gasteiger partial charge on any atom is 0.163 e. The molecule has 0 bridgehead atoms. The first-order chi connectivity index (χ1) is 6.79. The fourth-order valence-electron chi connectivity index (χ4n) is 1.99. The maximum atomic E-state index is 11.8. The van der Waals surface area contributed by atoms with Crippen molar-refractivity contribution in [3.63, 3.8) is 0 Å². The lowest BCUT2D eigenvalue weighted by Gasteiger charge is -2.42. The molecule has 0 radical (unpaired) electrons. The average molecular weight is 230 g/mol. The Bertz CT molecular complexity index is 244. The predicted octanol–water partition coefficient (Wildman–Crippen LogP) is 3.17. The van der Waals surface area contributed by atoms with Crippen LogP contribution in [0, 0.1) is 5.41 Å². The van der Waals surface area contributed by atoms with Crippen LogP contribution >= 0.6 is 0 Å². The summed E-state index contributed by atoms with van der Waals surface area (Å²) in [4.78, 5) is 11.8. The van der Waals surface area contributed by atoms with Crippen molar-refractivity contribution in [2.45, 2.75) is 66.8 Å². The number of rotatable bonds is 3. The molecule has 3 nitrogen and oxygen atoms in total. The molecule has 1 atom stereocenters. The van der Waals surface area contributed by atoms with Gasteiger partial charge in [-0.15, -0.1) is 0 Å². The smallest absolute Gasteiger partial charge is 0.163 e. The van der Waals surface area contributed by atoms with Gasteiger partial charge in [0.05, 0.1) is 12.7 Å². The molecule has 1 heterocycles. The largest absolute Gasteiger partial charge is 0.350 e. The van der Waals surface area contributed by atoms with Crippen LogP contribution in [0.3, 0.4) is 0 Å². The first kappa shape index (κ1) is 15.6. The third-order valence-corrected chi connectivity index (χ3v) is 3.10. The molecule has 96 valence electrons. The molecule has 0 aliphatic carbocycles. The van der Waals surface area contributed by atoms with Crippen molar-refractivity contribution in [1.29, 1.82) is 0 Å². The molecule has 0 unspecified atom stereocenters. The first-order valence-corrected chi connectivity index (χ1v) is 5.64. The van der Waals surface area contributed by atoms with E-state index in [0.717, 1.165) is 6.42 Å². The second kappa shape index (κ2) is 5.28. The summed E-state index contributed by atoms with van der Waals surface area (Å²) in [5.41, 5.74) is -0.407. The van der Waals surface area contributed by atoms with Gasteiger partial charge >= 0.3 is 0 Å². The van der Waals surface area contributed by atoms with E-state index >= 15 is 0 Å². The van der Waals surface area contributed by atoms with E-state index in [-0.39, 0.29) is 19.3 Å². The Hall–Kier alpha value is -0.410. The van der Waals surface area contributed by atoms with E-state index in [1.54, 1.807) is 0 Å². The molecule has 1 aliphatic rings. The molecule has 0 saturated carbocycles. The Kier molecular flexibility index (Phi) is 5.15. The standard InChI is InChI=1S/C12H22O3.CH4/c1-6-9(13)11(2,3)10-7-8-14-12(4,5)15-10;/h10H,6-8H2,1-5H3;1H4/t10-;/m0./s1. The van der Waals surface area contributed by atoms with Gasteiger partial charge in [0.15, 0.2) is 5.79 Å². The minimum Gasteiger partial charge on any atom is -0.350 e. The van der Waals surface area contributed by atoms with E-state index < -0.39 is 11.2 Å². The van der Waals surface area contributed by atoms with Crippen molar-refractivity contribution in [2.24, 2.45) is 5.41 Å². The summed E-state index contributed by atoms with van der Waals surface area (Å²) in [6, 6.07) is 0. The lowest BCUT2D eigenvalue weighted by molar-refractivity contribution is -0.288. The molecule has 0 amide bonds. The molecule has 3 heteroatoms. The zero-order valence-electron chi connectivity index (χ0n) is 10.4. The molecular weight excluding hydrogens is 204 g/mol. The molecule has 0 aromatic heterocycles. The van der Waals surface area contributed by atoms with Crippen molar-refractivity contribution < 1.29 is 14.3 Å². The summed E-state index contributed by atoms with van der Waals surface area (Å²) in [5.74, 6) is -0.306. The number of ether oxygens (including phenoxy) is 2. The van der Waals surface area contributed by atoms with Crippen molar-refractivity contribution in [3.05, 3.63) is 0 Å². The molecule has 1 saturated heterocycles. The lowest BCUT2D eigenvalue weighted by Crippen LogP contribution is -2.49. The highest BCUT2D eigenvalue weighted by atomic mass is 16.7. The summed E-state index contributed by atoms with van der Waals surface area (Å²) >= 11 is 0. The quantitative estimate of drug-likeness (QED) is 0.747. The van der Waals surface area contributed by atoms with Gasteiger partial charge in [0.25, 0.3) is 0 Å². The Morgan fingerprint density at radius 1 is 1.44 bits per heavy atom. The van der Waals surface area contributed by atoms with E-state index in [9.17, 15) is 4.79 Å². The SMILES string of the molecule is C.CCC(=O)C(C)(C)[C@@H]1CCOC(C)(C)O1. The average Bonchev–Trinajstić information content (AvgIpc) is 2.15. The zero-order chi connectivity index (χ0) is 11.7. The second-order valence-corrected chi connectivity index (χ2v) is 5.14. The highest BCUT2D eigenvalue weighted by Crippen LogP contribution is 2.34. The van der Waals surface area contributed by atoms with Gasteiger partial charge in [-0.1, -0.05) is 28.2 Å². The van der Waals surface area contributed by atoms with Gasteiger partial charge in [-0.25, -0.2) is 0 Å². The van der Waals surface area contributed by atoms with Crippen LogP contribution in [-0.4, -0.2) is 24.3 Å². The zero-order valence-corrected chi connectivity index (χ0v) is 10.4. The second-order valence-electron chi connectivity index (χ2n) is 5.14. The van der Waals surface area contributed by atoms with Crippen molar-refractivity contribution in [2.75, 3.05) is 6.61 Å². The number of hydrogen-bond donors (Lipinski definition) is 0. The van der Waals surface area contributed by atoms with E-state index in [0.29, 0.717) is 13.0 Å². The van der Waals surface area contributed by atoms with Gasteiger partial charge in [-0.2, -0.15) is 0 Å². The molecule has 1 fully saturated rings. The maximum absolute atomic E-state index is 11.8. The number of carbonyl (C=O) groups is 1. The topological polar surface area (TPSA) is 35.5 Å². The molecule has 16 heavy (non-hydrogen) atoms. The Morgan fingerprint density at radius 2 is 2.00 bits per heavy atom. The van der Waals surface area contributed by atoms with E-state index in [4.69, 9.17) is 9.47 Å². The summed E-state index contributed by atoms with van der Waals surface area (Å²) in [6.45, 7) is 10.3. The minimum absolute atomic E-state index is 0. The van der Waals surface area contributed by atoms with Gasteiger partial charge in [0, 0.05) is 11.8 Å². The number of carbonyl (C=O) groups excluding carboxylic acids is 1.